The predicted octanol–water partition coefficient (Wildman–Crippen LogP) is 4.09. The van der Waals surface area contributed by atoms with E-state index in [1.807, 2.05) is 30.3 Å². The van der Waals surface area contributed by atoms with E-state index in [2.05, 4.69) is 15.9 Å². The van der Waals surface area contributed by atoms with Crippen molar-refractivity contribution in [2.75, 3.05) is 33.6 Å². The second-order valence-electron chi connectivity index (χ2n) is 7.75. The third-order valence-electron chi connectivity index (χ3n) is 5.34. The van der Waals surface area contributed by atoms with Gasteiger partial charge in [-0.15, -0.1) is 0 Å². The lowest BCUT2D eigenvalue weighted by Crippen LogP contribution is -2.43. The van der Waals surface area contributed by atoms with Gasteiger partial charge in [0, 0.05) is 30.2 Å². The van der Waals surface area contributed by atoms with Crippen LogP contribution in [0.4, 0.5) is 0 Å². The summed E-state index contributed by atoms with van der Waals surface area (Å²) in [6.07, 6.45) is 1.57. The minimum atomic E-state index is -0.243. The Balaban J connectivity index is 1.53. The Bertz CT molecular complexity index is 1130. The smallest absolute Gasteiger partial charge is 0.254 e. The van der Waals surface area contributed by atoms with E-state index in [9.17, 15) is 9.59 Å². The van der Waals surface area contributed by atoms with Gasteiger partial charge in [-0.25, -0.2) is 0 Å². The zero-order valence-electron chi connectivity index (χ0n) is 18.7. The van der Waals surface area contributed by atoms with Crippen LogP contribution in [0.1, 0.15) is 21.7 Å². The second kappa shape index (κ2) is 11.2. The molecule has 9 heteroatoms. The largest absolute Gasteiger partial charge is 0.467 e. The van der Waals surface area contributed by atoms with Gasteiger partial charge in [-0.2, -0.15) is 0 Å². The van der Waals surface area contributed by atoms with Crippen LogP contribution in [-0.2, 0) is 22.6 Å². The molecule has 1 aliphatic rings. The molecule has 3 aromatic rings. The van der Waals surface area contributed by atoms with Gasteiger partial charge in [0.05, 0.1) is 19.4 Å². The highest BCUT2D eigenvalue weighted by Gasteiger charge is 2.24. The van der Waals surface area contributed by atoms with Gasteiger partial charge in [-0.05, 0) is 48.0 Å². The number of ether oxygens (including phenoxy) is 3. The second-order valence-corrected chi connectivity index (χ2v) is 8.66. The highest BCUT2D eigenvalue weighted by atomic mass is 79.9. The molecule has 1 aliphatic heterocycles. The number of methoxy groups -OCH3 is 1. The molecule has 0 spiro atoms. The summed E-state index contributed by atoms with van der Waals surface area (Å²) in [7, 11) is 1.56. The van der Waals surface area contributed by atoms with Crippen LogP contribution in [0.5, 0.6) is 11.5 Å². The lowest BCUT2D eigenvalue weighted by atomic mass is 10.1. The Morgan fingerprint density at radius 2 is 1.85 bits per heavy atom. The van der Waals surface area contributed by atoms with Crippen LogP contribution in [0.25, 0.3) is 0 Å². The lowest BCUT2D eigenvalue weighted by molar-refractivity contribution is -0.133. The molecule has 0 aliphatic carbocycles. The van der Waals surface area contributed by atoms with Crippen molar-refractivity contribution in [2.45, 2.75) is 13.1 Å². The number of fused-ring (bicyclic) bond motifs is 1. The van der Waals surface area contributed by atoms with Gasteiger partial charge >= 0.3 is 0 Å². The number of amides is 2. The highest BCUT2D eigenvalue weighted by Crippen LogP contribution is 2.33. The number of hydrogen-bond donors (Lipinski definition) is 0. The number of carbonyl (C=O) groups is 2. The van der Waals surface area contributed by atoms with E-state index in [0.29, 0.717) is 36.0 Å². The average molecular weight is 529 g/mol. The Labute approximate surface area is 206 Å². The van der Waals surface area contributed by atoms with E-state index in [4.69, 9.17) is 18.6 Å². The van der Waals surface area contributed by atoms with Crippen LogP contribution in [0.3, 0.4) is 0 Å². The van der Waals surface area contributed by atoms with Crippen LogP contribution in [0.15, 0.2) is 69.8 Å². The van der Waals surface area contributed by atoms with Gasteiger partial charge in [0.25, 0.3) is 5.91 Å². The van der Waals surface area contributed by atoms with Crippen molar-refractivity contribution < 1.29 is 28.2 Å². The zero-order valence-corrected chi connectivity index (χ0v) is 20.3. The zero-order chi connectivity index (χ0) is 23.9. The SMILES string of the molecule is COCCN(CC(=O)N(Cc1ccc2c(c1)OCO2)Cc1ccco1)C(=O)c1cccc(Br)c1. The first-order valence-electron chi connectivity index (χ1n) is 10.8. The van der Waals surface area contributed by atoms with Crippen LogP contribution in [0.2, 0.25) is 0 Å². The Morgan fingerprint density at radius 3 is 2.62 bits per heavy atom. The van der Waals surface area contributed by atoms with Gasteiger partial charge in [-0.1, -0.05) is 28.1 Å². The molecule has 4 rings (SSSR count). The summed E-state index contributed by atoms with van der Waals surface area (Å²) in [6, 6.07) is 16.3. The maximum Gasteiger partial charge on any atom is 0.254 e. The first kappa shape index (κ1) is 23.8. The maximum atomic E-state index is 13.5. The van der Waals surface area contributed by atoms with Gasteiger partial charge in [0.2, 0.25) is 12.7 Å². The molecule has 0 N–H and O–H groups in total. The summed E-state index contributed by atoms with van der Waals surface area (Å²) in [6.45, 7) is 1.27. The topological polar surface area (TPSA) is 81.5 Å². The molecule has 2 heterocycles. The molecule has 0 saturated heterocycles. The number of rotatable bonds is 10. The van der Waals surface area contributed by atoms with E-state index in [1.54, 1.807) is 42.5 Å². The summed E-state index contributed by atoms with van der Waals surface area (Å²) >= 11 is 3.40. The molecule has 0 fully saturated rings. The first-order chi connectivity index (χ1) is 16.5. The van der Waals surface area contributed by atoms with Crippen molar-refractivity contribution in [2.24, 2.45) is 0 Å². The highest BCUT2D eigenvalue weighted by molar-refractivity contribution is 9.10. The summed E-state index contributed by atoms with van der Waals surface area (Å²) in [5, 5.41) is 0. The third-order valence-corrected chi connectivity index (χ3v) is 5.83. The standard InChI is InChI=1S/C25H25BrN2O6/c1-31-11-9-27(25(30)19-4-2-5-20(26)13-19)16-24(29)28(15-21-6-3-10-32-21)14-18-7-8-22-23(12-18)34-17-33-22/h2-8,10,12-13H,9,11,14-17H2,1H3. The molecule has 1 aromatic heterocycles. The van der Waals surface area contributed by atoms with E-state index < -0.39 is 0 Å². The van der Waals surface area contributed by atoms with Crippen LogP contribution < -0.4 is 9.47 Å². The van der Waals surface area contributed by atoms with Crippen molar-refractivity contribution in [1.29, 1.82) is 0 Å². The number of benzene rings is 2. The number of halogens is 1. The summed E-state index contributed by atoms with van der Waals surface area (Å²) in [5.74, 6) is 1.52. The van der Waals surface area contributed by atoms with E-state index in [1.165, 1.54) is 4.90 Å². The molecule has 2 aromatic carbocycles. The monoisotopic (exact) mass is 528 g/mol. The minimum absolute atomic E-state index is 0.0973. The van der Waals surface area contributed by atoms with Crippen molar-refractivity contribution in [3.63, 3.8) is 0 Å². The number of nitrogens with zero attached hydrogens (tertiary/aromatic N) is 2. The summed E-state index contributed by atoms with van der Waals surface area (Å²) in [5.41, 5.74) is 1.37. The van der Waals surface area contributed by atoms with Crippen LogP contribution >= 0.6 is 15.9 Å². The summed E-state index contributed by atoms with van der Waals surface area (Å²) < 4.78 is 22.3. The fraction of sp³-hybridized carbons (Fsp3) is 0.280. The fourth-order valence-electron chi connectivity index (χ4n) is 3.60. The molecular formula is C25H25BrN2O6. The quantitative estimate of drug-likeness (QED) is 0.394. The van der Waals surface area contributed by atoms with Gasteiger partial charge in [0.1, 0.15) is 12.3 Å². The Morgan fingerprint density at radius 1 is 1.00 bits per heavy atom. The molecule has 34 heavy (non-hydrogen) atoms. The third kappa shape index (κ3) is 5.98. The fourth-order valence-corrected chi connectivity index (χ4v) is 4.00. The maximum absolute atomic E-state index is 13.5. The molecule has 0 radical (unpaired) electrons. The van der Waals surface area contributed by atoms with Gasteiger partial charge in [-0.3, -0.25) is 9.59 Å². The van der Waals surface area contributed by atoms with Crippen molar-refractivity contribution in [3.05, 3.63) is 82.2 Å². The Kier molecular flexibility index (Phi) is 7.87. The molecule has 8 nitrogen and oxygen atoms in total. The van der Waals surface area contributed by atoms with E-state index in [-0.39, 0.29) is 38.2 Å². The summed E-state index contributed by atoms with van der Waals surface area (Å²) in [4.78, 5) is 29.8. The molecule has 2 amide bonds. The normalized spacial score (nSPS) is 11.9. The molecule has 0 bridgehead atoms. The molecule has 178 valence electrons. The van der Waals surface area contributed by atoms with Crippen molar-refractivity contribution >= 4 is 27.7 Å². The minimum Gasteiger partial charge on any atom is -0.467 e. The Hall–Kier alpha value is -3.30. The number of furan rings is 1. The predicted molar refractivity (Wildman–Crippen MR) is 127 cm³/mol. The molecular weight excluding hydrogens is 504 g/mol. The van der Waals surface area contributed by atoms with Crippen molar-refractivity contribution in [1.82, 2.24) is 9.80 Å². The molecule has 0 saturated carbocycles. The van der Waals surface area contributed by atoms with Crippen LogP contribution in [0, 0.1) is 0 Å². The van der Waals surface area contributed by atoms with E-state index in [0.717, 1.165) is 10.0 Å². The lowest BCUT2D eigenvalue weighted by Gasteiger charge is -2.27. The van der Waals surface area contributed by atoms with E-state index >= 15 is 0 Å². The average Bonchev–Trinajstić information content (AvgIpc) is 3.52. The first-order valence-corrected chi connectivity index (χ1v) is 11.6. The number of hydrogen-bond acceptors (Lipinski definition) is 6. The molecule has 0 unspecified atom stereocenters. The van der Waals surface area contributed by atoms with Crippen LogP contribution in [-0.4, -0.2) is 55.2 Å². The van der Waals surface area contributed by atoms with Gasteiger partial charge in [0.15, 0.2) is 11.5 Å². The molecule has 0 atom stereocenters. The van der Waals surface area contributed by atoms with Crippen molar-refractivity contribution in [3.8, 4) is 11.5 Å². The number of carbonyl (C=O) groups excluding carboxylic acids is 2. The van der Waals surface area contributed by atoms with Gasteiger partial charge < -0.3 is 28.4 Å².